The van der Waals surface area contributed by atoms with Crippen LogP contribution in [0.4, 0.5) is 0 Å². The van der Waals surface area contributed by atoms with Crippen LogP contribution >= 0.6 is 0 Å². The van der Waals surface area contributed by atoms with Crippen LogP contribution in [0.2, 0.25) is 0 Å². The van der Waals surface area contributed by atoms with E-state index in [1.165, 1.54) is 0 Å². The molecule has 0 unspecified atom stereocenters. The number of para-hydroxylation sites is 1. The Labute approximate surface area is 112 Å². The first kappa shape index (κ1) is 15.0. The number of hydrogen-bond donors (Lipinski definition) is 1. The molecule has 0 fully saturated rings. The quantitative estimate of drug-likeness (QED) is 0.709. The Morgan fingerprint density at radius 1 is 1.00 bits per heavy atom. The van der Waals surface area contributed by atoms with Gasteiger partial charge in [0.05, 0.1) is 6.61 Å². The van der Waals surface area contributed by atoms with Crippen molar-refractivity contribution in [1.82, 2.24) is 5.32 Å². The monoisotopic (exact) mass is 249 g/mol. The van der Waals surface area contributed by atoms with Gasteiger partial charge in [-0.05, 0) is 36.9 Å². The normalized spacial score (nSPS) is 11.5. The van der Waals surface area contributed by atoms with Crippen molar-refractivity contribution >= 4 is 0 Å². The van der Waals surface area contributed by atoms with E-state index in [-0.39, 0.29) is 0 Å². The highest BCUT2D eigenvalue weighted by Crippen LogP contribution is 2.12. The fourth-order valence-electron chi connectivity index (χ4n) is 2.29. The van der Waals surface area contributed by atoms with E-state index in [4.69, 9.17) is 4.74 Å². The lowest BCUT2D eigenvalue weighted by Crippen LogP contribution is -2.39. The zero-order valence-electron chi connectivity index (χ0n) is 12.1. The van der Waals surface area contributed by atoms with E-state index in [1.54, 1.807) is 0 Å². The zero-order valence-corrected chi connectivity index (χ0v) is 12.1. The van der Waals surface area contributed by atoms with Gasteiger partial charge >= 0.3 is 0 Å². The van der Waals surface area contributed by atoms with Crippen molar-refractivity contribution < 1.29 is 4.74 Å². The summed E-state index contributed by atoms with van der Waals surface area (Å²) in [6, 6.07) is 10.6. The first-order valence-corrected chi connectivity index (χ1v) is 7.02. The fourth-order valence-corrected chi connectivity index (χ4v) is 2.29. The molecular formula is C16H27NO. The smallest absolute Gasteiger partial charge is 0.119 e. The van der Waals surface area contributed by atoms with Gasteiger partial charge < -0.3 is 10.1 Å². The summed E-state index contributed by atoms with van der Waals surface area (Å²) in [6.07, 6.45) is 1.05. The molecule has 0 atom stereocenters. The van der Waals surface area contributed by atoms with Gasteiger partial charge in [0.2, 0.25) is 0 Å². The van der Waals surface area contributed by atoms with Crippen LogP contribution in [0.1, 0.15) is 34.1 Å². The summed E-state index contributed by atoms with van der Waals surface area (Å²) in [5.41, 5.74) is 0. The molecule has 2 nitrogen and oxygen atoms in total. The second-order valence-electron chi connectivity index (χ2n) is 5.48. The molecule has 1 aromatic rings. The summed E-state index contributed by atoms with van der Waals surface area (Å²) >= 11 is 0. The Morgan fingerprint density at radius 2 is 1.61 bits per heavy atom. The molecule has 18 heavy (non-hydrogen) atoms. The third-order valence-electron chi connectivity index (χ3n) is 3.15. The van der Waals surface area contributed by atoms with E-state index in [0.29, 0.717) is 17.9 Å². The Bertz CT molecular complexity index is 300. The van der Waals surface area contributed by atoms with Gasteiger partial charge in [0.1, 0.15) is 5.75 Å². The van der Waals surface area contributed by atoms with Crippen LogP contribution in [0.3, 0.4) is 0 Å². The molecule has 1 rings (SSSR count). The predicted molar refractivity (Wildman–Crippen MR) is 78.0 cm³/mol. The Morgan fingerprint density at radius 3 is 2.17 bits per heavy atom. The molecule has 0 saturated heterocycles. The lowest BCUT2D eigenvalue weighted by atomic mass is 9.93. The molecular weight excluding hydrogens is 222 g/mol. The minimum atomic E-state index is 0.599. The maximum absolute atomic E-state index is 5.67. The predicted octanol–water partition coefficient (Wildman–Crippen LogP) is 3.73. The van der Waals surface area contributed by atoms with Crippen molar-refractivity contribution in [3.63, 3.8) is 0 Å². The van der Waals surface area contributed by atoms with Gasteiger partial charge in [0.25, 0.3) is 0 Å². The van der Waals surface area contributed by atoms with Gasteiger partial charge in [-0.2, -0.15) is 0 Å². The molecule has 0 aliphatic rings. The third-order valence-corrected chi connectivity index (χ3v) is 3.15. The molecule has 0 saturated carbocycles. The fraction of sp³-hybridized carbons (Fsp3) is 0.625. The number of benzene rings is 1. The maximum atomic E-state index is 5.67. The van der Waals surface area contributed by atoms with Crippen molar-refractivity contribution in [3.8, 4) is 5.75 Å². The Balaban J connectivity index is 2.15. The van der Waals surface area contributed by atoms with Crippen molar-refractivity contribution in [3.05, 3.63) is 30.3 Å². The van der Waals surface area contributed by atoms with Gasteiger partial charge in [-0.1, -0.05) is 45.9 Å². The molecule has 0 bridgehead atoms. The SMILES string of the molecule is CC(C)C(NCCCOc1ccccc1)C(C)C. The van der Waals surface area contributed by atoms with Crippen molar-refractivity contribution in [2.75, 3.05) is 13.2 Å². The summed E-state index contributed by atoms with van der Waals surface area (Å²) in [5, 5.41) is 3.62. The second kappa shape index (κ2) is 8.15. The average molecular weight is 249 g/mol. The summed E-state index contributed by atoms with van der Waals surface area (Å²) in [7, 11) is 0. The topological polar surface area (TPSA) is 21.3 Å². The molecule has 0 aliphatic carbocycles. The summed E-state index contributed by atoms with van der Waals surface area (Å²) in [5.74, 6) is 2.32. The molecule has 0 heterocycles. The van der Waals surface area contributed by atoms with E-state index in [2.05, 4.69) is 33.0 Å². The lowest BCUT2D eigenvalue weighted by molar-refractivity contribution is 0.279. The summed E-state index contributed by atoms with van der Waals surface area (Å²) in [4.78, 5) is 0. The molecule has 1 aromatic carbocycles. The maximum Gasteiger partial charge on any atom is 0.119 e. The third kappa shape index (κ3) is 5.54. The van der Waals surface area contributed by atoms with Crippen LogP contribution in [-0.4, -0.2) is 19.2 Å². The summed E-state index contributed by atoms with van der Waals surface area (Å²) in [6.45, 7) is 10.9. The highest BCUT2D eigenvalue weighted by molar-refractivity contribution is 5.20. The van der Waals surface area contributed by atoms with Gasteiger partial charge in [-0.15, -0.1) is 0 Å². The van der Waals surface area contributed by atoms with E-state index >= 15 is 0 Å². The standard InChI is InChI=1S/C16H27NO/c1-13(2)16(14(3)4)17-11-8-12-18-15-9-6-5-7-10-15/h5-7,9-10,13-14,16-17H,8,11-12H2,1-4H3. The van der Waals surface area contributed by atoms with Crippen LogP contribution in [0.25, 0.3) is 0 Å². The van der Waals surface area contributed by atoms with Gasteiger partial charge in [0.15, 0.2) is 0 Å². The minimum Gasteiger partial charge on any atom is -0.494 e. The second-order valence-corrected chi connectivity index (χ2v) is 5.48. The van der Waals surface area contributed by atoms with Crippen LogP contribution in [0.5, 0.6) is 5.75 Å². The van der Waals surface area contributed by atoms with Gasteiger partial charge in [-0.3, -0.25) is 0 Å². The van der Waals surface area contributed by atoms with Crippen molar-refractivity contribution in [1.29, 1.82) is 0 Å². The molecule has 0 radical (unpaired) electrons. The number of nitrogens with one attached hydrogen (secondary N) is 1. The molecule has 102 valence electrons. The molecule has 0 aliphatic heterocycles. The first-order valence-electron chi connectivity index (χ1n) is 7.02. The van der Waals surface area contributed by atoms with E-state index in [1.807, 2.05) is 30.3 Å². The van der Waals surface area contributed by atoms with Crippen molar-refractivity contribution in [2.45, 2.75) is 40.2 Å². The minimum absolute atomic E-state index is 0.599. The molecule has 1 N–H and O–H groups in total. The van der Waals surface area contributed by atoms with E-state index < -0.39 is 0 Å². The molecule has 0 amide bonds. The largest absolute Gasteiger partial charge is 0.494 e. The van der Waals surface area contributed by atoms with E-state index in [9.17, 15) is 0 Å². The van der Waals surface area contributed by atoms with E-state index in [0.717, 1.165) is 25.3 Å². The highest BCUT2D eigenvalue weighted by Gasteiger charge is 2.15. The summed E-state index contributed by atoms with van der Waals surface area (Å²) < 4.78 is 5.67. The van der Waals surface area contributed by atoms with Crippen LogP contribution in [0.15, 0.2) is 30.3 Å². The molecule has 0 aromatic heterocycles. The Hall–Kier alpha value is -1.02. The van der Waals surface area contributed by atoms with Crippen LogP contribution < -0.4 is 10.1 Å². The van der Waals surface area contributed by atoms with Gasteiger partial charge in [-0.25, -0.2) is 0 Å². The highest BCUT2D eigenvalue weighted by atomic mass is 16.5. The first-order chi connectivity index (χ1) is 8.61. The molecule has 0 spiro atoms. The number of hydrogen-bond acceptors (Lipinski definition) is 2. The van der Waals surface area contributed by atoms with Crippen LogP contribution in [-0.2, 0) is 0 Å². The van der Waals surface area contributed by atoms with Gasteiger partial charge in [0, 0.05) is 6.04 Å². The van der Waals surface area contributed by atoms with Crippen molar-refractivity contribution in [2.24, 2.45) is 11.8 Å². The number of rotatable bonds is 8. The molecule has 2 heteroatoms. The average Bonchev–Trinajstić information content (AvgIpc) is 2.34. The number of ether oxygens (including phenoxy) is 1. The van der Waals surface area contributed by atoms with Crippen LogP contribution in [0, 0.1) is 11.8 Å². The zero-order chi connectivity index (χ0) is 13.4. The lowest BCUT2D eigenvalue weighted by Gasteiger charge is -2.26. The Kier molecular flexibility index (Phi) is 6.81.